The fourth-order valence-corrected chi connectivity index (χ4v) is 4.09. The third-order valence-corrected chi connectivity index (χ3v) is 5.88. The molecular weight excluding hydrogens is 320 g/mol. The third kappa shape index (κ3) is 2.89. The summed E-state index contributed by atoms with van der Waals surface area (Å²) in [6.07, 6.45) is -0.301. The predicted octanol–water partition coefficient (Wildman–Crippen LogP) is 1.69. The minimum absolute atomic E-state index is 0.0919. The number of aliphatic hydroxyl groups excluding tert-OH is 1. The molecule has 9 heteroatoms. The smallest absolute Gasteiger partial charge is 0.270 e. The van der Waals surface area contributed by atoms with Gasteiger partial charge in [0, 0.05) is 23.6 Å². The third-order valence-electron chi connectivity index (χ3n) is 3.93. The first kappa shape index (κ1) is 16.2. The first-order valence-corrected chi connectivity index (χ1v) is 8.06. The van der Waals surface area contributed by atoms with Crippen LogP contribution in [-0.2, 0) is 10.0 Å². The normalized spacial score (nSPS) is 24.4. The van der Waals surface area contributed by atoms with Crippen LogP contribution in [0.5, 0.6) is 0 Å². The topological polar surface area (TPSA) is 110 Å². The van der Waals surface area contributed by atoms with Crippen LogP contribution in [0.3, 0.4) is 0 Å². The number of nitro benzene ring substituents is 1. The highest BCUT2D eigenvalue weighted by atomic mass is 35.5. The molecule has 7 nitrogen and oxygen atoms in total. The Labute approximate surface area is 127 Å². The molecule has 21 heavy (non-hydrogen) atoms. The van der Waals surface area contributed by atoms with Crippen LogP contribution in [0.4, 0.5) is 5.69 Å². The van der Waals surface area contributed by atoms with Gasteiger partial charge < -0.3 is 5.11 Å². The van der Waals surface area contributed by atoms with Crippen molar-refractivity contribution >= 4 is 27.3 Å². The van der Waals surface area contributed by atoms with E-state index in [9.17, 15) is 23.6 Å². The lowest BCUT2D eigenvalue weighted by Gasteiger charge is -2.49. The number of nitrogens with one attached hydrogen (secondary N) is 1. The SMILES string of the molecule is CC1(C)C(O)CC1NS(=O)(=O)c1cc([N+](=O)[O-])ccc1Cl. The summed E-state index contributed by atoms with van der Waals surface area (Å²) in [5.41, 5.74) is -0.951. The molecule has 2 unspecified atom stereocenters. The minimum Gasteiger partial charge on any atom is -0.392 e. The van der Waals surface area contributed by atoms with E-state index in [4.69, 9.17) is 11.6 Å². The Morgan fingerprint density at radius 1 is 1.48 bits per heavy atom. The van der Waals surface area contributed by atoms with E-state index in [-0.39, 0.29) is 15.6 Å². The highest BCUT2D eigenvalue weighted by Gasteiger charge is 2.49. The summed E-state index contributed by atoms with van der Waals surface area (Å²) in [5.74, 6) is 0. The van der Waals surface area contributed by atoms with Gasteiger partial charge in [-0.1, -0.05) is 25.4 Å². The molecule has 0 amide bonds. The zero-order chi connectivity index (χ0) is 16.0. The summed E-state index contributed by atoms with van der Waals surface area (Å²) >= 11 is 5.84. The largest absolute Gasteiger partial charge is 0.392 e. The van der Waals surface area contributed by atoms with Crippen molar-refractivity contribution in [2.45, 2.75) is 37.3 Å². The van der Waals surface area contributed by atoms with Crippen molar-refractivity contribution in [3.05, 3.63) is 33.3 Å². The van der Waals surface area contributed by atoms with E-state index < -0.39 is 32.5 Å². The molecule has 1 saturated carbocycles. The van der Waals surface area contributed by atoms with Crippen LogP contribution < -0.4 is 4.72 Å². The molecule has 0 aromatic heterocycles. The van der Waals surface area contributed by atoms with Gasteiger partial charge in [0.15, 0.2) is 0 Å². The maximum Gasteiger partial charge on any atom is 0.270 e. The van der Waals surface area contributed by atoms with Crippen molar-refractivity contribution in [2.24, 2.45) is 5.41 Å². The highest BCUT2D eigenvalue weighted by molar-refractivity contribution is 7.89. The van der Waals surface area contributed by atoms with E-state index in [1.807, 2.05) is 0 Å². The van der Waals surface area contributed by atoms with Gasteiger partial charge in [0.1, 0.15) is 4.90 Å². The number of benzene rings is 1. The summed E-state index contributed by atoms with van der Waals surface area (Å²) in [6.45, 7) is 3.48. The number of nitrogens with zero attached hydrogens (tertiary/aromatic N) is 1. The monoisotopic (exact) mass is 334 g/mol. The molecule has 1 aromatic rings. The maximum atomic E-state index is 12.3. The van der Waals surface area contributed by atoms with E-state index in [2.05, 4.69) is 4.72 Å². The molecule has 0 heterocycles. The van der Waals surface area contributed by atoms with Crippen molar-refractivity contribution in [2.75, 3.05) is 0 Å². The molecule has 1 aliphatic carbocycles. The molecule has 0 aliphatic heterocycles. The van der Waals surface area contributed by atoms with Gasteiger partial charge in [0.05, 0.1) is 16.0 Å². The molecule has 0 radical (unpaired) electrons. The van der Waals surface area contributed by atoms with Gasteiger partial charge >= 0.3 is 0 Å². The molecule has 1 fully saturated rings. The number of sulfonamides is 1. The molecule has 1 aliphatic rings. The zero-order valence-corrected chi connectivity index (χ0v) is 13.0. The predicted molar refractivity (Wildman–Crippen MR) is 76.6 cm³/mol. The standard InChI is InChI=1S/C12H15ClN2O5S/c1-12(2)10(6-11(12)16)14-21(19,20)9-5-7(15(17)18)3-4-8(9)13/h3-5,10-11,14,16H,6H2,1-2H3. The van der Waals surface area contributed by atoms with Crippen molar-refractivity contribution in [1.82, 2.24) is 4.72 Å². The van der Waals surface area contributed by atoms with Crippen LogP contribution in [-0.4, -0.2) is 30.6 Å². The van der Waals surface area contributed by atoms with Gasteiger partial charge in [-0.2, -0.15) is 0 Å². The van der Waals surface area contributed by atoms with Gasteiger partial charge in [-0.15, -0.1) is 0 Å². The fraction of sp³-hybridized carbons (Fsp3) is 0.500. The number of rotatable bonds is 4. The molecule has 116 valence electrons. The Hall–Kier alpha value is -1.22. The van der Waals surface area contributed by atoms with E-state index in [0.29, 0.717) is 6.42 Å². The summed E-state index contributed by atoms with van der Waals surface area (Å²) in [4.78, 5) is 9.72. The van der Waals surface area contributed by atoms with Gasteiger partial charge in [-0.3, -0.25) is 10.1 Å². The lowest BCUT2D eigenvalue weighted by molar-refractivity contribution is -0.385. The number of hydrogen-bond acceptors (Lipinski definition) is 5. The average molecular weight is 335 g/mol. The van der Waals surface area contributed by atoms with Crippen molar-refractivity contribution in [3.63, 3.8) is 0 Å². The lowest BCUT2D eigenvalue weighted by atomic mass is 9.65. The van der Waals surface area contributed by atoms with Gasteiger partial charge in [-0.05, 0) is 12.5 Å². The molecule has 2 N–H and O–H groups in total. The van der Waals surface area contributed by atoms with E-state index >= 15 is 0 Å². The van der Waals surface area contributed by atoms with Crippen LogP contribution in [0.2, 0.25) is 5.02 Å². The number of halogens is 1. The van der Waals surface area contributed by atoms with Crippen LogP contribution in [0, 0.1) is 15.5 Å². The Morgan fingerprint density at radius 3 is 2.57 bits per heavy atom. The second-order valence-electron chi connectivity index (χ2n) is 5.62. The maximum absolute atomic E-state index is 12.3. The molecule has 0 bridgehead atoms. The molecule has 0 saturated heterocycles. The molecule has 0 spiro atoms. The summed E-state index contributed by atoms with van der Waals surface area (Å²) < 4.78 is 27.1. The second-order valence-corrected chi connectivity index (χ2v) is 7.71. The fourth-order valence-electron chi connectivity index (χ4n) is 2.16. The van der Waals surface area contributed by atoms with E-state index in [0.717, 1.165) is 12.1 Å². The quantitative estimate of drug-likeness (QED) is 0.643. The van der Waals surface area contributed by atoms with Crippen molar-refractivity contribution < 1.29 is 18.4 Å². The highest BCUT2D eigenvalue weighted by Crippen LogP contribution is 2.41. The van der Waals surface area contributed by atoms with Gasteiger partial charge in [0.2, 0.25) is 10.0 Å². The summed E-state index contributed by atoms with van der Waals surface area (Å²) in [5, 5.41) is 20.3. The Kier molecular flexibility index (Phi) is 4.00. The molecular formula is C12H15ClN2O5S. The zero-order valence-electron chi connectivity index (χ0n) is 11.4. The molecule has 2 rings (SSSR count). The van der Waals surface area contributed by atoms with Crippen LogP contribution in [0.15, 0.2) is 23.1 Å². The number of nitro groups is 1. The van der Waals surface area contributed by atoms with Crippen molar-refractivity contribution in [1.29, 1.82) is 0 Å². The van der Waals surface area contributed by atoms with Crippen LogP contribution >= 0.6 is 11.6 Å². The number of hydrogen-bond donors (Lipinski definition) is 2. The van der Waals surface area contributed by atoms with Gasteiger partial charge in [0.25, 0.3) is 5.69 Å². The summed E-state index contributed by atoms with van der Waals surface area (Å²) in [7, 11) is -4.00. The number of non-ortho nitro benzene ring substituents is 1. The molecule has 1 aromatic carbocycles. The number of aliphatic hydroxyl groups is 1. The Balaban J connectivity index is 2.32. The van der Waals surface area contributed by atoms with Crippen LogP contribution in [0.25, 0.3) is 0 Å². The second kappa shape index (κ2) is 5.20. The Bertz CT molecular complexity index is 689. The van der Waals surface area contributed by atoms with Crippen molar-refractivity contribution in [3.8, 4) is 0 Å². The molecule has 2 atom stereocenters. The summed E-state index contributed by atoms with van der Waals surface area (Å²) in [6, 6.07) is 2.79. The van der Waals surface area contributed by atoms with E-state index in [1.54, 1.807) is 13.8 Å². The first-order valence-electron chi connectivity index (χ1n) is 6.20. The van der Waals surface area contributed by atoms with E-state index in [1.165, 1.54) is 6.07 Å². The average Bonchev–Trinajstić information content (AvgIpc) is 2.38. The van der Waals surface area contributed by atoms with Gasteiger partial charge in [-0.25, -0.2) is 13.1 Å². The van der Waals surface area contributed by atoms with Crippen LogP contribution in [0.1, 0.15) is 20.3 Å². The Morgan fingerprint density at radius 2 is 2.10 bits per heavy atom. The minimum atomic E-state index is -4.00. The first-order chi connectivity index (χ1) is 9.55. The lowest BCUT2D eigenvalue weighted by Crippen LogP contribution is -2.61.